The van der Waals surface area contributed by atoms with Crippen LogP contribution in [-0.2, 0) is 10.0 Å². The van der Waals surface area contributed by atoms with Crippen LogP contribution in [0.25, 0.3) is 10.6 Å². The SMILES string of the molecule is Cc1nc(-c2ccc(S(=O)(=O)NCC3=CCNCC3)s2)cs1. The predicted octanol–water partition coefficient (Wildman–Crippen LogP) is 2.38. The molecule has 0 unspecified atom stereocenters. The highest BCUT2D eigenvalue weighted by Gasteiger charge is 2.18. The second-order valence-corrected chi connectivity index (χ2v) is 9.15. The summed E-state index contributed by atoms with van der Waals surface area (Å²) in [6, 6.07) is 3.46. The van der Waals surface area contributed by atoms with Crippen LogP contribution in [0.3, 0.4) is 0 Å². The first-order valence-corrected chi connectivity index (χ1v) is 10.1. The number of aryl methyl sites for hydroxylation is 1. The maximum absolute atomic E-state index is 12.4. The molecule has 0 amide bonds. The van der Waals surface area contributed by atoms with Crippen LogP contribution in [0.2, 0.25) is 0 Å². The molecule has 0 atom stereocenters. The lowest BCUT2D eigenvalue weighted by Gasteiger charge is -2.14. The molecule has 3 heterocycles. The monoisotopic (exact) mass is 355 g/mol. The van der Waals surface area contributed by atoms with Gasteiger partial charge in [-0.15, -0.1) is 22.7 Å². The topological polar surface area (TPSA) is 71.1 Å². The normalized spacial score (nSPS) is 15.8. The number of aromatic nitrogens is 1. The Labute approximate surface area is 138 Å². The summed E-state index contributed by atoms with van der Waals surface area (Å²) in [6.07, 6.45) is 2.93. The van der Waals surface area contributed by atoms with Crippen LogP contribution in [0.15, 0.2) is 33.4 Å². The van der Waals surface area contributed by atoms with Crippen molar-refractivity contribution >= 4 is 32.7 Å². The predicted molar refractivity (Wildman–Crippen MR) is 90.9 cm³/mol. The third-order valence-corrected chi connectivity index (χ3v) is 7.14. The van der Waals surface area contributed by atoms with Gasteiger partial charge >= 0.3 is 0 Å². The van der Waals surface area contributed by atoms with E-state index < -0.39 is 10.0 Å². The molecule has 2 N–H and O–H groups in total. The van der Waals surface area contributed by atoms with Gasteiger partial charge < -0.3 is 5.32 Å². The van der Waals surface area contributed by atoms with Gasteiger partial charge in [0.05, 0.1) is 15.6 Å². The fraction of sp³-hybridized carbons (Fsp3) is 0.357. The number of sulfonamides is 1. The van der Waals surface area contributed by atoms with E-state index >= 15 is 0 Å². The molecule has 5 nitrogen and oxygen atoms in total. The van der Waals surface area contributed by atoms with Crippen molar-refractivity contribution in [3.63, 3.8) is 0 Å². The summed E-state index contributed by atoms with van der Waals surface area (Å²) in [5, 5.41) is 6.13. The smallest absolute Gasteiger partial charge is 0.250 e. The maximum Gasteiger partial charge on any atom is 0.250 e. The summed E-state index contributed by atoms with van der Waals surface area (Å²) in [5.41, 5.74) is 1.98. The van der Waals surface area contributed by atoms with E-state index in [4.69, 9.17) is 0 Å². The molecule has 2 aromatic rings. The minimum atomic E-state index is -3.46. The Morgan fingerprint density at radius 1 is 1.41 bits per heavy atom. The molecule has 0 aromatic carbocycles. The van der Waals surface area contributed by atoms with Crippen LogP contribution in [0.1, 0.15) is 11.4 Å². The number of thiophene rings is 1. The van der Waals surface area contributed by atoms with E-state index in [1.165, 1.54) is 11.3 Å². The molecule has 1 aliphatic heterocycles. The second-order valence-electron chi connectivity index (χ2n) is 5.01. The van der Waals surface area contributed by atoms with Crippen LogP contribution in [0.5, 0.6) is 0 Å². The Bertz CT molecular complexity index is 790. The lowest BCUT2D eigenvalue weighted by atomic mass is 10.1. The third kappa shape index (κ3) is 3.64. The van der Waals surface area contributed by atoms with Crippen molar-refractivity contribution in [2.75, 3.05) is 19.6 Å². The Hall–Kier alpha value is -1.06. The zero-order valence-electron chi connectivity index (χ0n) is 12.1. The van der Waals surface area contributed by atoms with Crippen molar-refractivity contribution in [1.82, 2.24) is 15.0 Å². The molecule has 8 heteroatoms. The molecular formula is C14H17N3O2S3. The fourth-order valence-electron chi connectivity index (χ4n) is 2.17. The van der Waals surface area contributed by atoms with Gasteiger partial charge in [0.25, 0.3) is 0 Å². The van der Waals surface area contributed by atoms with Crippen molar-refractivity contribution in [2.45, 2.75) is 17.6 Å². The number of hydrogen-bond donors (Lipinski definition) is 2. The maximum atomic E-state index is 12.4. The molecule has 2 aromatic heterocycles. The molecule has 118 valence electrons. The molecule has 1 aliphatic rings. The molecule has 22 heavy (non-hydrogen) atoms. The zero-order chi connectivity index (χ0) is 15.6. The number of rotatable bonds is 5. The van der Waals surface area contributed by atoms with E-state index in [1.54, 1.807) is 17.4 Å². The van der Waals surface area contributed by atoms with Crippen molar-refractivity contribution in [3.05, 3.63) is 34.2 Å². The molecule has 0 fully saturated rings. The summed E-state index contributed by atoms with van der Waals surface area (Å²) in [5.74, 6) is 0. The van der Waals surface area contributed by atoms with E-state index in [0.717, 1.165) is 40.7 Å². The van der Waals surface area contributed by atoms with Crippen molar-refractivity contribution in [1.29, 1.82) is 0 Å². The summed E-state index contributed by atoms with van der Waals surface area (Å²) in [7, 11) is -3.46. The van der Waals surface area contributed by atoms with Crippen LogP contribution in [-0.4, -0.2) is 33.0 Å². The molecule has 0 saturated heterocycles. The van der Waals surface area contributed by atoms with Gasteiger partial charge in [-0.05, 0) is 32.0 Å². The van der Waals surface area contributed by atoms with Crippen molar-refractivity contribution in [3.8, 4) is 10.6 Å². The highest BCUT2D eigenvalue weighted by molar-refractivity contribution is 7.91. The Morgan fingerprint density at radius 2 is 2.27 bits per heavy atom. The Balaban J connectivity index is 1.72. The van der Waals surface area contributed by atoms with E-state index in [2.05, 4.69) is 15.0 Å². The van der Waals surface area contributed by atoms with E-state index in [1.807, 2.05) is 24.4 Å². The number of hydrogen-bond acceptors (Lipinski definition) is 6. The summed E-state index contributed by atoms with van der Waals surface area (Å²) >= 11 is 2.82. The van der Waals surface area contributed by atoms with Gasteiger partial charge in [0.1, 0.15) is 4.21 Å². The first kappa shape index (κ1) is 15.8. The minimum absolute atomic E-state index is 0.336. The van der Waals surface area contributed by atoms with Crippen LogP contribution >= 0.6 is 22.7 Å². The van der Waals surface area contributed by atoms with Crippen LogP contribution < -0.4 is 10.0 Å². The van der Waals surface area contributed by atoms with Gasteiger partial charge in [-0.1, -0.05) is 11.6 Å². The van der Waals surface area contributed by atoms with E-state index in [0.29, 0.717) is 10.8 Å². The van der Waals surface area contributed by atoms with Gasteiger partial charge in [-0.25, -0.2) is 18.1 Å². The average molecular weight is 356 g/mol. The number of nitrogens with one attached hydrogen (secondary N) is 2. The van der Waals surface area contributed by atoms with Gasteiger partial charge in [0.2, 0.25) is 10.0 Å². The summed E-state index contributed by atoms with van der Waals surface area (Å²) in [4.78, 5) is 5.27. The first-order chi connectivity index (χ1) is 10.5. The lowest BCUT2D eigenvalue weighted by molar-refractivity contribution is 0.584. The van der Waals surface area contributed by atoms with Gasteiger partial charge in [0, 0.05) is 18.5 Å². The molecule has 0 radical (unpaired) electrons. The van der Waals surface area contributed by atoms with Gasteiger partial charge in [-0.2, -0.15) is 0 Å². The van der Waals surface area contributed by atoms with E-state index in [9.17, 15) is 8.42 Å². The second kappa shape index (κ2) is 6.59. The molecule has 0 spiro atoms. The van der Waals surface area contributed by atoms with Gasteiger partial charge in [-0.3, -0.25) is 0 Å². The first-order valence-electron chi connectivity index (χ1n) is 6.95. The van der Waals surface area contributed by atoms with Crippen molar-refractivity contribution < 1.29 is 8.42 Å². The summed E-state index contributed by atoms with van der Waals surface area (Å²) < 4.78 is 27.7. The molecule has 0 saturated carbocycles. The quantitative estimate of drug-likeness (QED) is 0.808. The Morgan fingerprint density at radius 3 is 2.95 bits per heavy atom. The Kier molecular flexibility index (Phi) is 4.74. The van der Waals surface area contributed by atoms with Crippen LogP contribution in [0, 0.1) is 6.92 Å². The fourth-order valence-corrected chi connectivity index (χ4v) is 5.20. The molecule has 3 rings (SSSR count). The molecule has 0 bridgehead atoms. The molecular weight excluding hydrogens is 338 g/mol. The summed E-state index contributed by atoms with van der Waals surface area (Å²) in [6.45, 7) is 4.03. The average Bonchev–Trinajstić information content (AvgIpc) is 3.15. The van der Waals surface area contributed by atoms with E-state index in [-0.39, 0.29) is 0 Å². The lowest BCUT2D eigenvalue weighted by Crippen LogP contribution is -2.29. The van der Waals surface area contributed by atoms with Crippen molar-refractivity contribution in [2.24, 2.45) is 0 Å². The number of thiazole rings is 1. The minimum Gasteiger partial charge on any atom is -0.313 e. The largest absolute Gasteiger partial charge is 0.313 e. The number of nitrogens with zero attached hydrogens (tertiary/aromatic N) is 1. The highest BCUT2D eigenvalue weighted by Crippen LogP contribution is 2.31. The highest BCUT2D eigenvalue weighted by atomic mass is 32.2. The molecule has 0 aliphatic carbocycles. The third-order valence-electron chi connectivity index (χ3n) is 3.36. The zero-order valence-corrected chi connectivity index (χ0v) is 14.6. The van der Waals surface area contributed by atoms with Crippen LogP contribution in [0.4, 0.5) is 0 Å². The van der Waals surface area contributed by atoms with Gasteiger partial charge in [0.15, 0.2) is 0 Å². The standard InChI is InChI=1S/C14H17N3O2S3/c1-10-17-12(9-20-10)13-2-3-14(21-13)22(18,19)16-8-11-4-6-15-7-5-11/h2-4,9,15-16H,5-8H2,1H3.